The standard InChI is InChI=1S/C14H23N3O/c1-10(2)18-13-6-5-7-15-14(13)17-9-11(3)16-8-12(17)4/h5-7,10-12,16H,8-9H2,1-4H3. The zero-order valence-corrected chi connectivity index (χ0v) is 11.7. The Bertz CT molecular complexity index is 394. The van der Waals surface area contributed by atoms with Crippen LogP contribution in [0.5, 0.6) is 5.75 Å². The van der Waals surface area contributed by atoms with E-state index in [1.807, 2.05) is 32.2 Å². The summed E-state index contributed by atoms with van der Waals surface area (Å²) in [5, 5.41) is 3.48. The Morgan fingerprint density at radius 2 is 2.22 bits per heavy atom. The smallest absolute Gasteiger partial charge is 0.171 e. The molecule has 0 amide bonds. The van der Waals surface area contributed by atoms with Gasteiger partial charge < -0.3 is 15.0 Å². The molecule has 1 fully saturated rings. The normalized spacial score (nSPS) is 24.4. The van der Waals surface area contributed by atoms with E-state index in [9.17, 15) is 0 Å². The number of nitrogens with zero attached hydrogens (tertiary/aromatic N) is 2. The minimum absolute atomic E-state index is 0.170. The number of nitrogens with one attached hydrogen (secondary N) is 1. The molecule has 2 heterocycles. The maximum atomic E-state index is 5.86. The highest BCUT2D eigenvalue weighted by Gasteiger charge is 2.25. The summed E-state index contributed by atoms with van der Waals surface area (Å²) in [4.78, 5) is 6.85. The van der Waals surface area contributed by atoms with Crippen molar-refractivity contribution in [2.75, 3.05) is 18.0 Å². The second-order valence-electron chi connectivity index (χ2n) is 5.30. The summed E-state index contributed by atoms with van der Waals surface area (Å²) >= 11 is 0. The van der Waals surface area contributed by atoms with E-state index in [1.165, 1.54) is 0 Å². The Morgan fingerprint density at radius 1 is 1.44 bits per heavy atom. The third kappa shape index (κ3) is 2.93. The highest BCUT2D eigenvalue weighted by Crippen LogP contribution is 2.28. The Kier molecular flexibility index (Phi) is 4.07. The Labute approximate surface area is 109 Å². The molecule has 4 heteroatoms. The first-order valence-corrected chi connectivity index (χ1v) is 6.69. The molecule has 2 unspecified atom stereocenters. The lowest BCUT2D eigenvalue weighted by Gasteiger charge is -2.39. The molecule has 4 nitrogen and oxygen atoms in total. The highest BCUT2D eigenvalue weighted by molar-refractivity contribution is 5.53. The third-order valence-electron chi connectivity index (χ3n) is 3.15. The summed E-state index contributed by atoms with van der Waals surface area (Å²) in [6.07, 6.45) is 2.01. The molecule has 2 atom stereocenters. The van der Waals surface area contributed by atoms with Crippen LogP contribution in [0.2, 0.25) is 0 Å². The fraction of sp³-hybridized carbons (Fsp3) is 0.643. The van der Waals surface area contributed by atoms with Crippen LogP contribution in [0.15, 0.2) is 18.3 Å². The van der Waals surface area contributed by atoms with Gasteiger partial charge >= 0.3 is 0 Å². The van der Waals surface area contributed by atoms with E-state index >= 15 is 0 Å². The molecular weight excluding hydrogens is 226 g/mol. The molecule has 1 aliphatic rings. The fourth-order valence-corrected chi connectivity index (χ4v) is 2.26. The first-order chi connectivity index (χ1) is 8.58. The number of anilines is 1. The van der Waals surface area contributed by atoms with Gasteiger partial charge in [-0.1, -0.05) is 0 Å². The predicted octanol–water partition coefficient (Wildman–Crippen LogP) is 2.06. The zero-order chi connectivity index (χ0) is 13.1. The lowest BCUT2D eigenvalue weighted by atomic mass is 10.1. The summed E-state index contributed by atoms with van der Waals surface area (Å²) in [6.45, 7) is 10.4. The van der Waals surface area contributed by atoms with Crippen LogP contribution in [-0.2, 0) is 0 Å². The van der Waals surface area contributed by atoms with Gasteiger partial charge in [-0.15, -0.1) is 0 Å². The fourth-order valence-electron chi connectivity index (χ4n) is 2.26. The number of aromatic nitrogens is 1. The van der Waals surface area contributed by atoms with E-state index in [2.05, 4.69) is 29.0 Å². The zero-order valence-electron chi connectivity index (χ0n) is 11.7. The SMILES string of the molecule is CC1CN(c2ncccc2OC(C)C)C(C)CN1. The van der Waals surface area contributed by atoms with Gasteiger partial charge in [0, 0.05) is 31.4 Å². The van der Waals surface area contributed by atoms with Crippen molar-refractivity contribution in [3.05, 3.63) is 18.3 Å². The third-order valence-corrected chi connectivity index (χ3v) is 3.15. The van der Waals surface area contributed by atoms with Crippen LogP contribution in [0, 0.1) is 0 Å². The number of ether oxygens (including phenoxy) is 1. The van der Waals surface area contributed by atoms with Crippen LogP contribution < -0.4 is 15.0 Å². The van der Waals surface area contributed by atoms with Crippen molar-refractivity contribution in [3.63, 3.8) is 0 Å². The number of pyridine rings is 1. The van der Waals surface area contributed by atoms with E-state index in [0.717, 1.165) is 24.7 Å². The quantitative estimate of drug-likeness (QED) is 0.889. The van der Waals surface area contributed by atoms with Crippen molar-refractivity contribution < 1.29 is 4.74 Å². The molecular formula is C14H23N3O. The van der Waals surface area contributed by atoms with Gasteiger partial charge in [0.15, 0.2) is 11.6 Å². The first kappa shape index (κ1) is 13.1. The van der Waals surface area contributed by atoms with Crippen LogP contribution in [0.25, 0.3) is 0 Å². The second-order valence-corrected chi connectivity index (χ2v) is 5.30. The van der Waals surface area contributed by atoms with Crippen LogP contribution in [0.4, 0.5) is 5.82 Å². The molecule has 100 valence electrons. The maximum absolute atomic E-state index is 5.86. The van der Waals surface area contributed by atoms with E-state index in [1.54, 1.807) is 0 Å². The first-order valence-electron chi connectivity index (χ1n) is 6.69. The topological polar surface area (TPSA) is 37.4 Å². The molecule has 2 rings (SSSR count). The van der Waals surface area contributed by atoms with Crippen molar-refractivity contribution in [1.82, 2.24) is 10.3 Å². The number of rotatable bonds is 3. The maximum Gasteiger partial charge on any atom is 0.171 e. The minimum Gasteiger partial charge on any atom is -0.487 e. The minimum atomic E-state index is 0.170. The van der Waals surface area contributed by atoms with E-state index in [0.29, 0.717) is 12.1 Å². The molecule has 1 aliphatic heterocycles. The van der Waals surface area contributed by atoms with Gasteiger partial charge in [0.25, 0.3) is 0 Å². The van der Waals surface area contributed by atoms with Crippen LogP contribution in [-0.4, -0.2) is 36.3 Å². The van der Waals surface area contributed by atoms with Gasteiger partial charge in [-0.05, 0) is 39.8 Å². The van der Waals surface area contributed by atoms with Crippen LogP contribution in [0.1, 0.15) is 27.7 Å². The molecule has 1 aromatic heterocycles. The summed E-state index contributed by atoms with van der Waals surface area (Å²) in [6, 6.07) is 4.85. The van der Waals surface area contributed by atoms with Crippen molar-refractivity contribution in [3.8, 4) is 5.75 Å². The van der Waals surface area contributed by atoms with Crippen LogP contribution >= 0.6 is 0 Å². The van der Waals surface area contributed by atoms with Gasteiger partial charge in [0.1, 0.15) is 0 Å². The van der Waals surface area contributed by atoms with Gasteiger partial charge in [-0.3, -0.25) is 0 Å². The number of piperazine rings is 1. The highest BCUT2D eigenvalue weighted by atomic mass is 16.5. The van der Waals surface area contributed by atoms with Crippen molar-refractivity contribution >= 4 is 5.82 Å². The van der Waals surface area contributed by atoms with E-state index < -0.39 is 0 Å². The van der Waals surface area contributed by atoms with Gasteiger partial charge in [-0.25, -0.2) is 4.98 Å². The molecule has 0 spiro atoms. The van der Waals surface area contributed by atoms with Gasteiger partial charge in [0.05, 0.1) is 6.10 Å². The van der Waals surface area contributed by atoms with Crippen LogP contribution in [0.3, 0.4) is 0 Å². The largest absolute Gasteiger partial charge is 0.487 e. The molecule has 1 N–H and O–H groups in total. The van der Waals surface area contributed by atoms with E-state index in [-0.39, 0.29) is 6.10 Å². The van der Waals surface area contributed by atoms with Gasteiger partial charge in [-0.2, -0.15) is 0 Å². The summed E-state index contributed by atoms with van der Waals surface area (Å²) in [5.74, 6) is 1.85. The lowest BCUT2D eigenvalue weighted by Crippen LogP contribution is -2.54. The van der Waals surface area contributed by atoms with Crippen molar-refractivity contribution in [1.29, 1.82) is 0 Å². The summed E-state index contributed by atoms with van der Waals surface area (Å²) in [5.41, 5.74) is 0. The number of hydrogen-bond donors (Lipinski definition) is 1. The molecule has 0 bridgehead atoms. The molecule has 1 saturated heterocycles. The van der Waals surface area contributed by atoms with Gasteiger partial charge in [0.2, 0.25) is 0 Å². The summed E-state index contributed by atoms with van der Waals surface area (Å²) in [7, 11) is 0. The molecule has 0 aromatic carbocycles. The monoisotopic (exact) mass is 249 g/mol. The molecule has 18 heavy (non-hydrogen) atoms. The molecule has 0 saturated carbocycles. The average molecular weight is 249 g/mol. The Hall–Kier alpha value is -1.29. The predicted molar refractivity (Wildman–Crippen MR) is 74.3 cm³/mol. The molecule has 1 aromatic rings. The Balaban J connectivity index is 2.25. The lowest BCUT2D eigenvalue weighted by molar-refractivity contribution is 0.241. The van der Waals surface area contributed by atoms with Crippen molar-refractivity contribution in [2.45, 2.75) is 45.9 Å². The molecule has 0 radical (unpaired) electrons. The van der Waals surface area contributed by atoms with E-state index in [4.69, 9.17) is 4.74 Å². The Morgan fingerprint density at radius 3 is 2.94 bits per heavy atom. The van der Waals surface area contributed by atoms with Crippen molar-refractivity contribution in [2.24, 2.45) is 0 Å². The molecule has 0 aliphatic carbocycles. The average Bonchev–Trinajstić information content (AvgIpc) is 2.32. The second kappa shape index (κ2) is 5.57. The number of hydrogen-bond acceptors (Lipinski definition) is 4. The summed E-state index contributed by atoms with van der Waals surface area (Å²) < 4.78 is 5.86.